The molecule has 3 atom stereocenters. The summed E-state index contributed by atoms with van der Waals surface area (Å²) in [7, 11) is 0. The molecular weight excluding hydrogens is 260 g/mol. The molecule has 0 aromatic heterocycles. The smallest absolute Gasteiger partial charge is 0.241 e. The molecule has 0 radical (unpaired) electrons. The lowest BCUT2D eigenvalue weighted by molar-refractivity contribution is -0.137. The van der Waals surface area contributed by atoms with Gasteiger partial charge in [0.1, 0.15) is 0 Å². The maximum absolute atomic E-state index is 13.0. The number of unbranched alkanes of at least 4 members (excludes halogenated alkanes) is 1. The van der Waals surface area contributed by atoms with Gasteiger partial charge in [-0.2, -0.15) is 0 Å². The van der Waals surface area contributed by atoms with Crippen molar-refractivity contribution in [2.45, 2.75) is 97.8 Å². The average molecular weight is 294 g/mol. The molecule has 0 spiro atoms. The highest BCUT2D eigenvalue weighted by atomic mass is 16.2. The maximum atomic E-state index is 13.0. The zero-order valence-electron chi connectivity index (χ0n) is 14.6. The highest BCUT2D eigenvalue weighted by Gasteiger charge is 2.48. The lowest BCUT2D eigenvalue weighted by Gasteiger charge is -2.46. The third-order valence-electron chi connectivity index (χ3n) is 5.49. The van der Waals surface area contributed by atoms with E-state index >= 15 is 0 Å². The predicted molar refractivity (Wildman–Crippen MR) is 88.0 cm³/mol. The standard InChI is InChI=1S/C18H34N2O/c1-6-7-10-14-17(21)20(16(19-14)13(2)3)15-11-8-9-12-18(15,4)5/h13-16,19H,6-12H2,1-5H3. The van der Waals surface area contributed by atoms with E-state index in [1.165, 1.54) is 25.7 Å². The number of hydrogen-bond acceptors (Lipinski definition) is 2. The summed E-state index contributed by atoms with van der Waals surface area (Å²) in [5.74, 6) is 0.834. The molecule has 122 valence electrons. The highest BCUT2D eigenvalue weighted by Crippen LogP contribution is 2.41. The van der Waals surface area contributed by atoms with Crippen molar-refractivity contribution in [2.24, 2.45) is 11.3 Å². The molecule has 2 rings (SSSR count). The molecule has 1 saturated heterocycles. The summed E-state index contributed by atoms with van der Waals surface area (Å²) >= 11 is 0. The maximum Gasteiger partial charge on any atom is 0.241 e. The van der Waals surface area contributed by atoms with E-state index in [2.05, 4.69) is 44.8 Å². The van der Waals surface area contributed by atoms with E-state index in [0.29, 0.717) is 17.9 Å². The fourth-order valence-electron chi connectivity index (χ4n) is 4.14. The van der Waals surface area contributed by atoms with Crippen molar-refractivity contribution in [3.8, 4) is 0 Å². The summed E-state index contributed by atoms with van der Waals surface area (Å²) in [4.78, 5) is 15.2. The zero-order valence-corrected chi connectivity index (χ0v) is 14.6. The van der Waals surface area contributed by atoms with Crippen molar-refractivity contribution >= 4 is 5.91 Å². The van der Waals surface area contributed by atoms with Crippen LogP contribution in [0.5, 0.6) is 0 Å². The first-order chi connectivity index (χ1) is 9.88. The van der Waals surface area contributed by atoms with Crippen LogP contribution >= 0.6 is 0 Å². The Morgan fingerprint density at radius 1 is 1.33 bits per heavy atom. The summed E-state index contributed by atoms with van der Waals surface area (Å²) in [6, 6.07) is 0.459. The van der Waals surface area contributed by atoms with Gasteiger partial charge in [0.05, 0.1) is 12.2 Å². The average Bonchev–Trinajstić information content (AvgIpc) is 2.73. The normalized spacial score (nSPS) is 33.0. The molecule has 3 heteroatoms. The Bertz CT molecular complexity index is 364. The van der Waals surface area contributed by atoms with Crippen LogP contribution in [-0.2, 0) is 4.79 Å². The molecule has 3 nitrogen and oxygen atoms in total. The molecule has 1 saturated carbocycles. The fraction of sp³-hybridized carbons (Fsp3) is 0.944. The second-order valence-corrected chi connectivity index (χ2v) is 8.05. The third-order valence-corrected chi connectivity index (χ3v) is 5.49. The van der Waals surface area contributed by atoms with Crippen LogP contribution < -0.4 is 5.32 Å². The van der Waals surface area contributed by atoms with Crippen LogP contribution in [0, 0.1) is 11.3 Å². The SMILES string of the molecule is CCCCC1NC(C(C)C)N(C2CCCCC2(C)C)C1=O. The number of amides is 1. The number of carbonyl (C=O) groups excluding carboxylic acids is 1. The molecule has 1 N–H and O–H groups in total. The Hall–Kier alpha value is -0.570. The molecule has 1 amide bonds. The van der Waals surface area contributed by atoms with Gasteiger partial charge >= 0.3 is 0 Å². The van der Waals surface area contributed by atoms with Crippen LogP contribution in [0.15, 0.2) is 0 Å². The zero-order chi connectivity index (χ0) is 15.6. The van der Waals surface area contributed by atoms with Crippen molar-refractivity contribution in [1.29, 1.82) is 0 Å². The monoisotopic (exact) mass is 294 g/mol. The van der Waals surface area contributed by atoms with E-state index in [1.54, 1.807) is 0 Å². The van der Waals surface area contributed by atoms with Crippen LogP contribution in [0.25, 0.3) is 0 Å². The molecular formula is C18H34N2O. The van der Waals surface area contributed by atoms with Gasteiger partial charge < -0.3 is 4.90 Å². The molecule has 0 bridgehead atoms. The minimum Gasteiger partial charge on any atom is -0.322 e. The molecule has 0 aromatic carbocycles. The Morgan fingerprint density at radius 2 is 2.05 bits per heavy atom. The Kier molecular flexibility index (Phi) is 5.34. The summed E-state index contributed by atoms with van der Waals surface area (Å²) in [5.41, 5.74) is 0.252. The van der Waals surface area contributed by atoms with E-state index in [0.717, 1.165) is 19.3 Å². The number of nitrogens with one attached hydrogen (secondary N) is 1. The molecule has 2 fully saturated rings. The van der Waals surface area contributed by atoms with Crippen molar-refractivity contribution in [3.63, 3.8) is 0 Å². The minimum absolute atomic E-state index is 0.0510. The highest BCUT2D eigenvalue weighted by molar-refractivity contribution is 5.84. The van der Waals surface area contributed by atoms with Gasteiger partial charge in [-0.05, 0) is 30.6 Å². The van der Waals surface area contributed by atoms with Gasteiger partial charge in [-0.15, -0.1) is 0 Å². The number of rotatable bonds is 5. The summed E-state index contributed by atoms with van der Waals surface area (Å²) in [6.45, 7) is 11.4. The van der Waals surface area contributed by atoms with Gasteiger partial charge in [0.15, 0.2) is 0 Å². The summed E-state index contributed by atoms with van der Waals surface area (Å²) in [5, 5.41) is 3.64. The molecule has 1 heterocycles. The van der Waals surface area contributed by atoms with E-state index in [1.807, 2.05) is 0 Å². The predicted octanol–water partition coefficient (Wildman–Crippen LogP) is 3.93. The topological polar surface area (TPSA) is 32.3 Å². The van der Waals surface area contributed by atoms with Crippen LogP contribution in [0.3, 0.4) is 0 Å². The van der Waals surface area contributed by atoms with Gasteiger partial charge in [-0.1, -0.05) is 60.3 Å². The summed E-state index contributed by atoms with van der Waals surface area (Å²) < 4.78 is 0. The second kappa shape index (κ2) is 6.68. The van der Waals surface area contributed by atoms with Gasteiger partial charge in [0, 0.05) is 6.04 Å². The fourth-order valence-corrected chi connectivity index (χ4v) is 4.14. The Labute approximate surface area is 130 Å². The molecule has 1 aliphatic heterocycles. The second-order valence-electron chi connectivity index (χ2n) is 8.05. The van der Waals surface area contributed by atoms with E-state index in [-0.39, 0.29) is 17.6 Å². The van der Waals surface area contributed by atoms with Gasteiger partial charge in [0.2, 0.25) is 5.91 Å². The van der Waals surface area contributed by atoms with Crippen LogP contribution in [0.1, 0.15) is 79.6 Å². The Morgan fingerprint density at radius 3 is 2.62 bits per heavy atom. The molecule has 0 aromatic rings. The molecule has 1 aliphatic carbocycles. The van der Waals surface area contributed by atoms with Gasteiger partial charge in [0.25, 0.3) is 0 Å². The Balaban J connectivity index is 2.19. The number of nitrogens with zero attached hydrogens (tertiary/aromatic N) is 1. The van der Waals surface area contributed by atoms with Crippen LogP contribution in [-0.4, -0.2) is 29.1 Å². The largest absolute Gasteiger partial charge is 0.322 e. The quantitative estimate of drug-likeness (QED) is 0.833. The van der Waals surface area contributed by atoms with Gasteiger partial charge in [-0.3, -0.25) is 10.1 Å². The lowest BCUT2D eigenvalue weighted by Crippen LogP contribution is -2.54. The first-order valence-corrected chi connectivity index (χ1v) is 8.96. The van der Waals surface area contributed by atoms with Crippen molar-refractivity contribution < 1.29 is 4.79 Å². The van der Waals surface area contributed by atoms with Gasteiger partial charge in [-0.25, -0.2) is 0 Å². The number of carbonyl (C=O) groups is 1. The number of hydrogen-bond donors (Lipinski definition) is 1. The minimum atomic E-state index is 0.0510. The molecule has 3 unspecified atom stereocenters. The van der Waals surface area contributed by atoms with Crippen molar-refractivity contribution in [2.75, 3.05) is 0 Å². The third kappa shape index (κ3) is 3.44. The van der Waals surface area contributed by atoms with Crippen molar-refractivity contribution in [1.82, 2.24) is 10.2 Å². The summed E-state index contributed by atoms with van der Waals surface area (Å²) in [6.07, 6.45) is 8.50. The van der Waals surface area contributed by atoms with E-state index in [9.17, 15) is 4.79 Å². The molecule has 2 aliphatic rings. The lowest BCUT2D eigenvalue weighted by atomic mass is 9.72. The first kappa shape index (κ1) is 16.8. The molecule has 21 heavy (non-hydrogen) atoms. The van der Waals surface area contributed by atoms with Crippen LogP contribution in [0.4, 0.5) is 0 Å². The van der Waals surface area contributed by atoms with Crippen molar-refractivity contribution in [3.05, 3.63) is 0 Å². The van der Waals surface area contributed by atoms with Crippen LogP contribution in [0.2, 0.25) is 0 Å². The first-order valence-electron chi connectivity index (χ1n) is 8.96. The van der Waals surface area contributed by atoms with E-state index in [4.69, 9.17) is 0 Å². The van der Waals surface area contributed by atoms with E-state index < -0.39 is 0 Å².